The molecular weight excluding hydrogens is 253 g/mol. The Hall–Kier alpha value is -0.290. The van der Waals surface area contributed by atoms with Gasteiger partial charge in [-0.1, -0.05) is 6.92 Å². The van der Waals surface area contributed by atoms with Gasteiger partial charge in [-0.25, -0.2) is 0 Å². The van der Waals surface area contributed by atoms with Gasteiger partial charge < -0.3 is 5.32 Å². The van der Waals surface area contributed by atoms with Gasteiger partial charge in [-0.3, -0.25) is 4.90 Å². The molecule has 0 amide bonds. The normalized spacial score (nSPS) is 37.6. The molecule has 2 nitrogen and oxygen atoms in total. The van der Waals surface area contributed by atoms with Crippen LogP contribution in [0.3, 0.4) is 0 Å². The van der Waals surface area contributed by atoms with Gasteiger partial charge in [0, 0.05) is 30.7 Å². The molecule has 5 heteroatoms. The van der Waals surface area contributed by atoms with Gasteiger partial charge in [0.2, 0.25) is 0 Å². The summed E-state index contributed by atoms with van der Waals surface area (Å²) in [6.07, 6.45) is -1.50. The Kier molecular flexibility index (Phi) is 3.91. The molecular formula is C14H25F3N2. The lowest BCUT2D eigenvalue weighted by atomic mass is 9.84. The smallest absolute Gasteiger partial charge is 0.308 e. The molecule has 0 radical (unpaired) electrons. The predicted molar refractivity (Wildman–Crippen MR) is 70.1 cm³/mol. The summed E-state index contributed by atoms with van der Waals surface area (Å²) in [6, 6.07) is 0. The predicted octanol–water partition coefficient (Wildman–Crippen LogP) is 3.18. The van der Waals surface area contributed by atoms with Crippen molar-refractivity contribution in [1.29, 1.82) is 0 Å². The Morgan fingerprint density at radius 1 is 1.26 bits per heavy atom. The summed E-state index contributed by atoms with van der Waals surface area (Å²) in [7, 11) is 0. The number of alkyl halides is 3. The van der Waals surface area contributed by atoms with Crippen LogP contribution in [0.25, 0.3) is 0 Å². The fourth-order valence-corrected chi connectivity index (χ4v) is 3.10. The summed E-state index contributed by atoms with van der Waals surface area (Å²) >= 11 is 0. The van der Waals surface area contributed by atoms with E-state index in [0.717, 1.165) is 25.8 Å². The molecule has 1 saturated carbocycles. The van der Waals surface area contributed by atoms with E-state index >= 15 is 0 Å². The molecule has 2 rings (SSSR count). The summed E-state index contributed by atoms with van der Waals surface area (Å²) in [6.45, 7) is 7.98. The minimum atomic E-state index is -4.06. The van der Waals surface area contributed by atoms with Crippen LogP contribution in [0.1, 0.15) is 46.5 Å². The van der Waals surface area contributed by atoms with Crippen LogP contribution in [0, 0.1) is 5.92 Å². The van der Waals surface area contributed by atoms with Crippen LogP contribution in [0.2, 0.25) is 0 Å². The number of halogens is 3. The largest absolute Gasteiger partial charge is 0.390 e. The zero-order valence-electron chi connectivity index (χ0n) is 12.1. The zero-order chi connectivity index (χ0) is 14.3. The molecule has 2 fully saturated rings. The molecule has 0 spiro atoms. The lowest BCUT2D eigenvalue weighted by Crippen LogP contribution is -2.69. The Labute approximate surface area is 113 Å². The van der Waals surface area contributed by atoms with Crippen molar-refractivity contribution in [3.8, 4) is 0 Å². The van der Waals surface area contributed by atoms with Crippen molar-refractivity contribution < 1.29 is 13.2 Å². The quantitative estimate of drug-likeness (QED) is 0.849. The first-order valence-electron chi connectivity index (χ1n) is 7.25. The molecule has 112 valence electrons. The lowest BCUT2D eigenvalue weighted by molar-refractivity contribution is -0.144. The van der Waals surface area contributed by atoms with E-state index < -0.39 is 12.6 Å². The van der Waals surface area contributed by atoms with Gasteiger partial charge in [-0.05, 0) is 39.0 Å². The molecule has 2 unspecified atom stereocenters. The highest BCUT2D eigenvalue weighted by molar-refractivity contribution is 5.07. The number of nitrogens with zero attached hydrogens (tertiary/aromatic N) is 1. The molecule has 2 atom stereocenters. The number of hydrogen-bond acceptors (Lipinski definition) is 2. The van der Waals surface area contributed by atoms with Gasteiger partial charge >= 0.3 is 6.18 Å². The topological polar surface area (TPSA) is 15.3 Å². The Bertz CT molecular complexity index is 327. The number of piperazine rings is 1. The van der Waals surface area contributed by atoms with Crippen molar-refractivity contribution in [2.75, 3.05) is 19.6 Å². The maximum atomic E-state index is 12.5. The third kappa shape index (κ3) is 3.43. The van der Waals surface area contributed by atoms with Crippen LogP contribution >= 0.6 is 0 Å². The van der Waals surface area contributed by atoms with Crippen LogP contribution in [0.4, 0.5) is 13.2 Å². The van der Waals surface area contributed by atoms with Gasteiger partial charge in [0.25, 0.3) is 0 Å². The molecule has 2 aliphatic rings. The van der Waals surface area contributed by atoms with E-state index in [2.05, 4.69) is 31.0 Å². The maximum Gasteiger partial charge on any atom is 0.390 e. The summed E-state index contributed by atoms with van der Waals surface area (Å²) in [5, 5.41) is 3.56. The van der Waals surface area contributed by atoms with Crippen molar-refractivity contribution in [2.45, 2.75) is 63.7 Å². The Morgan fingerprint density at radius 3 is 2.37 bits per heavy atom. The third-order valence-corrected chi connectivity index (χ3v) is 5.04. The molecule has 0 aromatic heterocycles. The van der Waals surface area contributed by atoms with Crippen molar-refractivity contribution in [1.82, 2.24) is 10.2 Å². The SMILES string of the molecule is CCC1(C)CN(CCC(F)(F)F)C(C)(C2CC2)CN1. The highest BCUT2D eigenvalue weighted by Crippen LogP contribution is 2.45. The average molecular weight is 278 g/mol. The summed E-state index contributed by atoms with van der Waals surface area (Å²) in [5.41, 5.74) is -0.153. The molecule has 0 bridgehead atoms. The van der Waals surface area contributed by atoms with Crippen LogP contribution in [-0.2, 0) is 0 Å². The first-order chi connectivity index (χ1) is 8.69. The van der Waals surface area contributed by atoms with E-state index in [4.69, 9.17) is 0 Å². The lowest BCUT2D eigenvalue weighted by Gasteiger charge is -2.53. The first kappa shape index (κ1) is 15.1. The van der Waals surface area contributed by atoms with Crippen molar-refractivity contribution >= 4 is 0 Å². The van der Waals surface area contributed by atoms with E-state index in [0.29, 0.717) is 12.5 Å². The van der Waals surface area contributed by atoms with E-state index in [1.165, 1.54) is 0 Å². The minimum Gasteiger partial charge on any atom is -0.308 e. The second-order valence-corrected chi connectivity index (χ2v) is 6.69. The Balaban J connectivity index is 2.07. The van der Waals surface area contributed by atoms with Crippen LogP contribution in [-0.4, -0.2) is 41.8 Å². The highest BCUT2D eigenvalue weighted by atomic mass is 19.4. The minimum absolute atomic E-state index is 0.0556. The fraction of sp³-hybridized carbons (Fsp3) is 1.00. The van der Waals surface area contributed by atoms with Gasteiger partial charge in [0.05, 0.1) is 6.42 Å². The third-order valence-electron chi connectivity index (χ3n) is 5.04. The maximum absolute atomic E-state index is 12.5. The first-order valence-corrected chi connectivity index (χ1v) is 7.25. The molecule has 1 aliphatic carbocycles. The van der Waals surface area contributed by atoms with E-state index in [-0.39, 0.29) is 17.6 Å². The Morgan fingerprint density at radius 2 is 1.89 bits per heavy atom. The molecule has 0 aromatic rings. The van der Waals surface area contributed by atoms with Crippen LogP contribution < -0.4 is 5.32 Å². The van der Waals surface area contributed by atoms with Crippen molar-refractivity contribution in [3.63, 3.8) is 0 Å². The monoisotopic (exact) mass is 278 g/mol. The van der Waals surface area contributed by atoms with Gasteiger partial charge in [0.1, 0.15) is 0 Å². The van der Waals surface area contributed by atoms with Crippen molar-refractivity contribution in [3.05, 3.63) is 0 Å². The standard InChI is InChI=1S/C14H25F3N2/c1-4-12(2)10-19(8-7-14(15,16)17)13(3,9-18-12)11-5-6-11/h11,18H,4-10H2,1-3H3. The summed E-state index contributed by atoms with van der Waals surface area (Å²) in [5.74, 6) is 0.564. The average Bonchev–Trinajstić information content (AvgIpc) is 3.14. The molecule has 1 saturated heterocycles. The summed E-state index contributed by atoms with van der Waals surface area (Å²) in [4.78, 5) is 2.10. The van der Waals surface area contributed by atoms with E-state index in [9.17, 15) is 13.2 Å². The highest BCUT2D eigenvalue weighted by Gasteiger charge is 2.50. The number of hydrogen-bond donors (Lipinski definition) is 1. The molecule has 19 heavy (non-hydrogen) atoms. The number of rotatable bonds is 4. The second kappa shape index (κ2) is 4.92. The van der Waals surface area contributed by atoms with E-state index in [1.807, 2.05) is 0 Å². The molecule has 1 heterocycles. The molecule has 0 aromatic carbocycles. The van der Waals surface area contributed by atoms with E-state index in [1.54, 1.807) is 0 Å². The van der Waals surface area contributed by atoms with Gasteiger partial charge in [-0.2, -0.15) is 13.2 Å². The zero-order valence-corrected chi connectivity index (χ0v) is 12.1. The summed E-state index contributed by atoms with van der Waals surface area (Å²) < 4.78 is 37.5. The fourth-order valence-electron chi connectivity index (χ4n) is 3.10. The van der Waals surface area contributed by atoms with Crippen LogP contribution in [0.15, 0.2) is 0 Å². The van der Waals surface area contributed by atoms with Gasteiger partial charge in [0.15, 0.2) is 0 Å². The second-order valence-electron chi connectivity index (χ2n) is 6.69. The number of nitrogens with one attached hydrogen (secondary N) is 1. The molecule has 1 aliphatic heterocycles. The van der Waals surface area contributed by atoms with Crippen LogP contribution in [0.5, 0.6) is 0 Å². The molecule has 1 N–H and O–H groups in total. The van der Waals surface area contributed by atoms with Gasteiger partial charge in [-0.15, -0.1) is 0 Å². The van der Waals surface area contributed by atoms with Crippen molar-refractivity contribution in [2.24, 2.45) is 5.92 Å².